The molecule has 0 spiro atoms. The first-order chi connectivity index (χ1) is 29.8. The van der Waals surface area contributed by atoms with E-state index in [1.165, 1.54) is 0 Å². The maximum absolute atomic E-state index is 9.52. The molecule has 0 saturated heterocycles. The van der Waals surface area contributed by atoms with Gasteiger partial charge in [-0.2, -0.15) is 0 Å². The second-order valence-corrected chi connectivity index (χ2v) is 11.0. The second kappa shape index (κ2) is 9.36. The van der Waals surface area contributed by atoms with Gasteiger partial charge in [-0.15, -0.1) is 11.3 Å². The third-order valence-electron chi connectivity index (χ3n) is 7.52. The highest BCUT2D eigenvalue weighted by Crippen LogP contribution is 2.42. The number of benzene rings is 6. The zero-order valence-corrected chi connectivity index (χ0v) is 23.2. The molecule has 0 saturated carbocycles. The van der Waals surface area contributed by atoms with Crippen molar-refractivity contribution >= 4 is 75.5 Å². The molecule has 0 radical (unpaired) electrons. The van der Waals surface area contributed by atoms with Crippen molar-refractivity contribution in [3.63, 3.8) is 0 Å². The van der Waals surface area contributed by atoms with E-state index in [0.717, 1.165) is 17.7 Å². The fourth-order valence-electron chi connectivity index (χ4n) is 5.53. The van der Waals surface area contributed by atoms with Crippen molar-refractivity contribution in [1.82, 2.24) is 9.97 Å². The predicted octanol–water partition coefficient (Wildman–Crippen LogP) is 11.6. The van der Waals surface area contributed by atoms with Gasteiger partial charge in [-0.25, -0.2) is 9.97 Å². The molecule has 0 aliphatic heterocycles. The van der Waals surface area contributed by atoms with Crippen LogP contribution in [0.3, 0.4) is 0 Å². The van der Waals surface area contributed by atoms with Crippen LogP contribution in [0.2, 0.25) is 0 Å². The number of aromatic nitrogens is 2. The summed E-state index contributed by atoms with van der Waals surface area (Å²) in [6.45, 7) is 0. The third kappa shape index (κ3) is 3.65. The Morgan fingerprint density at radius 2 is 1.18 bits per heavy atom. The Labute approximate surface area is 286 Å². The van der Waals surface area contributed by atoms with E-state index in [9.17, 15) is 1.37 Å². The van der Waals surface area contributed by atoms with Gasteiger partial charge in [-0.3, -0.25) is 0 Å². The number of rotatable bonds is 3. The molecule has 4 nitrogen and oxygen atoms in total. The van der Waals surface area contributed by atoms with Crippen molar-refractivity contribution in [2.75, 3.05) is 0 Å². The van der Waals surface area contributed by atoms with Gasteiger partial charge in [0.05, 0.1) is 40.6 Å². The lowest BCUT2D eigenvalue weighted by Gasteiger charge is -2.07. The molecule has 10 aromatic rings. The maximum atomic E-state index is 9.52. The van der Waals surface area contributed by atoms with E-state index in [2.05, 4.69) is 9.97 Å². The first kappa shape index (κ1) is 13.1. The zero-order valence-electron chi connectivity index (χ0n) is 40.4. The summed E-state index contributed by atoms with van der Waals surface area (Å²) in [5.41, 5.74) is -1.58. The van der Waals surface area contributed by atoms with Crippen LogP contribution in [0.1, 0.15) is 24.7 Å². The molecule has 6 aromatic carbocycles. The predicted molar refractivity (Wildman–Crippen MR) is 186 cm³/mol. The van der Waals surface area contributed by atoms with E-state index in [-0.39, 0.29) is 66.2 Å². The molecule has 210 valence electrons. The highest BCUT2D eigenvalue weighted by atomic mass is 32.1. The Morgan fingerprint density at radius 3 is 1.91 bits per heavy atom. The molecule has 0 unspecified atom stereocenters. The van der Waals surface area contributed by atoms with Gasteiger partial charge in [-0.1, -0.05) is 96.7 Å². The number of fused-ring (bicyclic) bond motifs is 9. The molecule has 0 aliphatic carbocycles. The van der Waals surface area contributed by atoms with Gasteiger partial charge < -0.3 is 8.83 Å². The Morgan fingerprint density at radius 1 is 0.556 bits per heavy atom. The lowest BCUT2D eigenvalue weighted by Crippen LogP contribution is -1.87. The average molecular weight is 613 g/mol. The first-order valence-electron chi connectivity index (χ1n) is 22.4. The summed E-state index contributed by atoms with van der Waals surface area (Å²) in [6.07, 6.45) is 1.16. The third-order valence-corrected chi connectivity index (χ3v) is 8.69. The highest BCUT2D eigenvalue weighted by molar-refractivity contribution is 7.26. The van der Waals surface area contributed by atoms with Crippen LogP contribution >= 0.6 is 11.3 Å². The van der Waals surface area contributed by atoms with Gasteiger partial charge in [0.15, 0.2) is 0 Å². The van der Waals surface area contributed by atoms with Crippen LogP contribution < -0.4 is 0 Å². The minimum absolute atomic E-state index is 0.0149. The topological polar surface area (TPSA) is 52.1 Å². The fourth-order valence-corrected chi connectivity index (χ4v) is 6.67. The van der Waals surface area contributed by atoms with Gasteiger partial charge in [0.25, 0.3) is 0 Å². The number of thiophene rings is 1. The number of hydrogen-bond acceptors (Lipinski definition) is 5. The standard InChI is InChI=1S/C40H22N2O2S/c1-3-16-33-28(10-1)30-14-6-12-26(38(30)43-33)23-8-5-9-25(20-23)36-40-37(42-22-41-36)32-21-24(18-19-35(32)45-40)27-13-7-15-31-29-11-2-4-17-34(29)44-39(27)31/h1-22H/i1D,2D,3D,4D,5D,6D,7D,8D,9D,10D,11D,12D,13D,14D,15D,16D,17D,20D. The van der Waals surface area contributed by atoms with E-state index < -0.39 is 120 Å². The summed E-state index contributed by atoms with van der Waals surface area (Å²) in [4.78, 5) is 8.94. The van der Waals surface area contributed by atoms with Crippen molar-refractivity contribution in [2.24, 2.45) is 0 Å². The molecule has 0 amide bonds. The molecular formula is C40H22N2O2S. The molecule has 45 heavy (non-hydrogen) atoms. The molecule has 0 fully saturated rings. The van der Waals surface area contributed by atoms with Crippen LogP contribution in [-0.2, 0) is 0 Å². The Kier molecular flexibility index (Phi) is 2.72. The van der Waals surface area contributed by atoms with Crippen LogP contribution in [0.15, 0.2) is 142 Å². The molecule has 10 rings (SSSR count). The van der Waals surface area contributed by atoms with Gasteiger partial charge in [0, 0.05) is 48.3 Å². The van der Waals surface area contributed by atoms with E-state index in [0.29, 0.717) is 20.3 Å². The van der Waals surface area contributed by atoms with Crippen molar-refractivity contribution in [1.29, 1.82) is 0 Å². The van der Waals surface area contributed by atoms with Crippen LogP contribution in [0, 0.1) is 0 Å². The number of furan rings is 2. The van der Waals surface area contributed by atoms with E-state index >= 15 is 0 Å². The van der Waals surface area contributed by atoms with E-state index in [1.54, 1.807) is 18.2 Å². The van der Waals surface area contributed by atoms with Crippen LogP contribution in [-0.4, -0.2) is 9.97 Å². The molecule has 0 atom stereocenters. The molecule has 5 heteroatoms. The first-order valence-corrected chi connectivity index (χ1v) is 14.2. The summed E-state index contributed by atoms with van der Waals surface area (Å²) in [7, 11) is 0. The average Bonchev–Trinajstić information content (AvgIpc) is 3.98. The molecular weight excluding hydrogens is 573 g/mol. The van der Waals surface area contributed by atoms with Crippen molar-refractivity contribution in [3.8, 4) is 33.5 Å². The monoisotopic (exact) mass is 612 g/mol. The number of hydrogen-bond donors (Lipinski definition) is 0. The van der Waals surface area contributed by atoms with Crippen molar-refractivity contribution in [3.05, 3.63) is 133 Å². The van der Waals surface area contributed by atoms with Gasteiger partial charge in [0.1, 0.15) is 28.7 Å². The summed E-state index contributed by atoms with van der Waals surface area (Å²) in [5.74, 6) is 0. The smallest absolute Gasteiger partial charge is 0.143 e. The molecule has 0 aliphatic rings. The maximum Gasteiger partial charge on any atom is 0.143 e. The lowest BCUT2D eigenvalue weighted by atomic mass is 9.99. The molecule has 4 heterocycles. The largest absolute Gasteiger partial charge is 0.455 e. The highest BCUT2D eigenvalue weighted by Gasteiger charge is 2.18. The van der Waals surface area contributed by atoms with Crippen molar-refractivity contribution in [2.45, 2.75) is 0 Å². The van der Waals surface area contributed by atoms with Gasteiger partial charge in [0.2, 0.25) is 0 Å². The minimum Gasteiger partial charge on any atom is -0.455 e. The number of para-hydroxylation sites is 4. The van der Waals surface area contributed by atoms with Crippen LogP contribution in [0.5, 0.6) is 0 Å². The zero-order chi connectivity index (χ0) is 45.1. The quantitative estimate of drug-likeness (QED) is 0.199. The summed E-state index contributed by atoms with van der Waals surface area (Å²) in [5, 5.41) is -0.188. The number of nitrogens with zero attached hydrogens (tertiary/aromatic N) is 2. The lowest BCUT2D eigenvalue weighted by molar-refractivity contribution is 0.669. The Balaban J connectivity index is 1.23. The fraction of sp³-hybridized carbons (Fsp3) is 0. The molecule has 0 bridgehead atoms. The normalized spacial score (nSPS) is 17.6. The Bertz CT molecular complexity index is 3800. The van der Waals surface area contributed by atoms with Crippen LogP contribution in [0.4, 0.5) is 0 Å². The van der Waals surface area contributed by atoms with Gasteiger partial charge in [-0.05, 0) is 41.4 Å². The summed E-state index contributed by atoms with van der Waals surface area (Å²) < 4.78 is 169. The van der Waals surface area contributed by atoms with E-state index in [1.807, 2.05) is 0 Å². The molecule has 0 N–H and O–H groups in total. The second-order valence-electron chi connectivity index (χ2n) is 9.98. The summed E-state index contributed by atoms with van der Waals surface area (Å²) in [6, 6.07) is -5.46. The van der Waals surface area contributed by atoms with Crippen molar-refractivity contribution < 1.29 is 33.5 Å². The van der Waals surface area contributed by atoms with Gasteiger partial charge >= 0.3 is 0 Å². The van der Waals surface area contributed by atoms with E-state index in [4.69, 9.17) is 32.1 Å². The van der Waals surface area contributed by atoms with Crippen LogP contribution in [0.25, 0.3) is 97.7 Å². The SMILES string of the molecule is [2H]c1c([2H])c(-c2c([2H])c([2H])c([2H])c3c2oc2c([2H])c([2H])c([2H])c([2H])c23)c([2H])c(-c2ncnc3c2sc2ccc(-c4c([2H])c([2H])c([2H])c5c4oc4c([2H])c([2H])c([2H])c([2H])c45)cc23)c1[2H]. The minimum atomic E-state index is -0.701. The summed E-state index contributed by atoms with van der Waals surface area (Å²) >= 11 is 1.14. The Hall–Kier alpha value is -5.78. The molecule has 4 aromatic heterocycles.